The molecule has 0 aliphatic rings. The fourth-order valence-corrected chi connectivity index (χ4v) is 2.58. The van der Waals surface area contributed by atoms with Crippen LogP contribution in [0, 0.1) is 0 Å². The molecule has 0 saturated carbocycles. The van der Waals surface area contributed by atoms with Gasteiger partial charge in [0.05, 0.1) is 13.7 Å². The van der Waals surface area contributed by atoms with Crippen LogP contribution in [-0.2, 0) is 6.54 Å². The summed E-state index contributed by atoms with van der Waals surface area (Å²) in [6.07, 6.45) is 0. The van der Waals surface area contributed by atoms with Gasteiger partial charge >= 0.3 is 0 Å². The molecule has 0 radical (unpaired) electrons. The van der Waals surface area contributed by atoms with Crippen molar-refractivity contribution in [1.82, 2.24) is 16.0 Å². The van der Waals surface area contributed by atoms with Crippen molar-refractivity contribution >= 4 is 23.5 Å². The van der Waals surface area contributed by atoms with Crippen molar-refractivity contribution in [2.75, 3.05) is 26.7 Å². The Balaban J connectivity index is 1.81. The van der Waals surface area contributed by atoms with Gasteiger partial charge in [0.15, 0.2) is 5.96 Å². The van der Waals surface area contributed by atoms with E-state index in [4.69, 9.17) is 16.3 Å². The molecule has 0 atom stereocenters. The van der Waals surface area contributed by atoms with Crippen molar-refractivity contribution in [1.29, 1.82) is 0 Å². The fraction of sp³-hybridized carbons (Fsp3) is 0.300. The number of benzene rings is 2. The maximum absolute atomic E-state index is 12.2. The smallest absolute Gasteiger partial charge is 0.251 e. The molecule has 7 heteroatoms. The Morgan fingerprint density at radius 1 is 1.07 bits per heavy atom. The molecule has 0 fully saturated rings. The number of hydrogen-bond donors (Lipinski definition) is 3. The Bertz CT molecular complexity index is 780. The van der Waals surface area contributed by atoms with Gasteiger partial charge in [-0.15, -0.1) is 0 Å². The van der Waals surface area contributed by atoms with Crippen LogP contribution < -0.4 is 20.7 Å². The van der Waals surface area contributed by atoms with E-state index >= 15 is 0 Å². The normalized spacial score (nSPS) is 11.0. The number of ether oxygens (including phenoxy) is 1. The predicted octanol–water partition coefficient (Wildman–Crippen LogP) is 2.83. The van der Waals surface area contributed by atoms with Crippen LogP contribution in [0.25, 0.3) is 0 Å². The first-order valence-electron chi connectivity index (χ1n) is 8.81. The van der Waals surface area contributed by atoms with Crippen LogP contribution in [0.2, 0.25) is 5.02 Å². The number of methoxy groups -OCH3 is 1. The van der Waals surface area contributed by atoms with Crippen molar-refractivity contribution < 1.29 is 9.53 Å². The highest BCUT2D eigenvalue weighted by molar-refractivity contribution is 6.30. The van der Waals surface area contributed by atoms with E-state index in [1.165, 1.54) is 0 Å². The molecule has 0 aliphatic carbocycles. The van der Waals surface area contributed by atoms with Gasteiger partial charge < -0.3 is 20.7 Å². The van der Waals surface area contributed by atoms with E-state index in [-0.39, 0.29) is 5.91 Å². The second kappa shape index (κ2) is 11.1. The van der Waals surface area contributed by atoms with Gasteiger partial charge in [0.2, 0.25) is 0 Å². The van der Waals surface area contributed by atoms with Crippen LogP contribution >= 0.6 is 11.6 Å². The van der Waals surface area contributed by atoms with Crippen molar-refractivity contribution in [3.8, 4) is 5.75 Å². The number of guanidine groups is 1. The zero-order chi connectivity index (χ0) is 19.5. The molecule has 144 valence electrons. The Morgan fingerprint density at radius 2 is 1.85 bits per heavy atom. The summed E-state index contributed by atoms with van der Waals surface area (Å²) >= 11 is 6.00. The summed E-state index contributed by atoms with van der Waals surface area (Å²) in [5, 5.41) is 9.95. The number of carbonyl (C=O) groups is 1. The van der Waals surface area contributed by atoms with Crippen LogP contribution in [0.5, 0.6) is 5.75 Å². The molecule has 0 saturated heterocycles. The lowest BCUT2D eigenvalue weighted by atomic mass is 10.2. The fourth-order valence-electron chi connectivity index (χ4n) is 2.37. The highest BCUT2D eigenvalue weighted by Gasteiger charge is 2.06. The minimum Gasteiger partial charge on any atom is -0.497 e. The molecule has 0 aliphatic heterocycles. The summed E-state index contributed by atoms with van der Waals surface area (Å²) in [4.78, 5) is 16.7. The monoisotopic (exact) mass is 388 g/mol. The second-order valence-electron chi connectivity index (χ2n) is 5.74. The van der Waals surface area contributed by atoms with Crippen LogP contribution in [0.4, 0.5) is 0 Å². The van der Waals surface area contributed by atoms with Crippen molar-refractivity contribution in [2.45, 2.75) is 13.5 Å². The van der Waals surface area contributed by atoms with E-state index < -0.39 is 0 Å². The number of rotatable bonds is 8. The Labute approximate surface area is 165 Å². The Kier molecular flexibility index (Phi) is 8.45. The molecule has 0 bridgehead atoms. The first-order valence-corrected chi connectivity index (χ1v) is 9.19. The van der Waals surface area contributed by atoms with Gasteiger partial charge in [-0.2, -0.15) is 0 Å². The number of nitrogens with one attached hydrogen (secondary N) is 3. The van der Waals surface area contributed by atoms with Crippen LogP contribution in [0.15, 0.2) is 53.5 Å². The van der Waals surface area contributed by atoms with E-state index in [2.05, 4.69) is 20.9 Å². The first-order chi connectivity index (χ1) is 13.1. The summed E-state index contributed by atoms with van der Waals surface area (Å²) in [5.74, 6) is 1.20. The predicted molar refractivity (Wildman–Crippen MR) is 110 cm³/mol. The number of halogens is 1. The molecule has 2 aromatic carbocycles. The van der Waals surface area contributed by atoms with Crippen molar-refractivity contribution in [3.05, 3.63) is 64.7 Å². The lowest BCUT2D eigenvalue weighted by Crippen LogP contribution is -2.41. The first kappa shape index (κ1) is 20.6. The van der Waals surface area contributed by atoms with Crippen molar-refractivity contribution in [2.24, 2.45) is 4.99 Å². The summed E-state index contributed by atoms with van der Waals surface area (Å²) in [6.45, 7) is 4.29. The molecule has 0 aromatic heterocycles. The van der Waals surface area contributed by atoms with E-state index in [0.717, 1.165) is 12.1 Å². The van der Waals surface area contributed by atoms with Gasteiger partial charge in [-0.25, -0.2) is 4.99 Å². The maximum atomic E-state index is 12.2. The third kappa shape index (κ3) is 7.19. The second-order valence-corrected chi connectivity index (χ2v) is 6.18. The number of hydrogen-bond acceptors (Lipinski definition) is 3. The third-order valence-electron chi connectivity index (χ3n) is 3.69. The number of amides is 1. The number of nitrogens with zero attached hydrogens (tertiary/aromatic N) is 1. The lowest BCUT2D eigenvalue weighted by molar-refractivity contribution is 0.0954. The highest BCUT2D eigenvalue weighted by Crippen LogP contribution is 2.12. The minimum atomic E-state index is -0.142. The highest BCUT2D eigenvalue weighted by atomic mass is 35.5. The SMILES string of the molecule is CCNC(=NCc1cccc(Cl)c1)NCCNC(=O)c1cccc(OC)c1. The average molecular weight is 389 g/mol. The van der Waals surface area contributed by atoms with Gasteiger partial charge in [-0.3, -0.25) is 4.79 Å². The Hall–Kier alpha value is -2.73. The molecule has 1 amide bonds. The molecule has 3 N–H and O–H groups in total. The topological polar surface area (TPSA) is 74.8 Å². The quantitative estimate of drug-likeness (QED) is 0.369. The molecule has 6 nitrogen and oxygen atoms in total. The lowest BCUT2D eigenvalue weighted by Gasteiger charge is -2.12. The van der Waals surface area contributed by atoms with Gasteiger partial charge in [0, 0.05) is 30.2 Å². The summed E-state index contributed by atoms with van der Waals surface area (Å²) in [7, 11) is 1.58. The Morgan fingerprint density at radius 3 is 2.59 bits per heavy atom. The molecule has 27 heavy (non-hydrogen) atoms. The third-order valence-corrected chi connectivity index (χ3v) is 3.92. The number of carbonyl (C=O) groups excluding carboxylic acids is 1. The largest absolute Gasteiger partial charge is 0.497 e. The van der Waals surface area contributed by atoms with E-state index in [1.807, 2.05) is 31.2 Å². The molecule has 0 spiro atoms. The van der Waals surface area contributed by atoms with Gasteiger partial charge in [-0.05, 0) is 42.8 Å². The standard InChI is InChI=1S/C20H25ClN4O2/c1-3-22-20(25-14-15-6-4-8-17(21)12-15)24-11-10-23-19(26)16-7-5-9-18(13-16)27-2/h4-9,12-13H,3,10-11,14H2,1-2H3,(H,23,26)(H2,22,24,25). The summed E-state index contributed by atoms with van der Waals surface area (Å²) in [6, 6.07) is 14.7. The van der Waals surface area contributed by atoms with Gasteiger partial charge in [-0.1, -0.05) is 29.8 Å². The summed E-state index contributed by atoms with van der Waals surface area (Å²) in [5.41, 5.74) is 1.60. The molecular formula is C20H25ClN4O2. The maximum Gasteiger partial charge on any atom is 0.251 e. The van der Waals surface area contributed by atoms with E-state index in [0.29, 0.717) is 41.9 Å². The molecular weight excluding hydrogens is 364 g/mol. The average Bonchev–Trinajstić information content (AvgIpc) is 2.69. The molecule has 0 heterocycles. The molecule has 2 aromatic rings. The van der Waals surface area contributed by atoms with Crippen LogP contribution in [-0.4, -0.2) is 38.6 Å². The number of aliphatic imine (C=N–C) groups is 1. The minimum absolute atomic E-state index is 0.142. The van der Waals surface area contributed by atoms with Gasteiger partial charge in [0.25, 0.3) is 5.91 Å². The van der Waals surface area contributed by atoms with Gasteiger partial charge in [0.1, 0.15) is 5.75 Å². The summed E-state index contributed by atoms with van der Waals surface area (Å²) < 4.78 is 5.14. The molecule has 0 unspecified atom stereocenters. The van der Waals surface area contributed by atoms with Crippen molar-refractivity contribution in [3.63, 3.8) is 0 Å². The zero-order valence-corrected chi connectivity index (χ0v) is 16.3. The molecule has 2 rings (SSSR count). The van der Waals surface area contributed by atoms with Crippen LogP contribution in [0.3, 0.4) is 0 Å². The van der Waals surface area contributed by atoms with E-state index in [9.17, 15) is 4.79 Å². The zero-order valence-electron chi connectivity index (χ0n) is 15.6. The van der Waals surface area contributed by atoms with E-state index in [1.54, 1.807) is 31.4 Å². The van der Waals surface area contributed by atoms with Crippen LogP contribution in [0.1, 0.15) is 22.8 Å².